The molecule has 2 aliphatic heterocycles. The van der Waals surface area contributed by atoms with Gasteiger partial charge in [0.2, 0.25) is 0 Å². The highest BCUT2D eigenvalue weighted by Crippen LogP contribution is 2.46. The Bertz CT molecular complexity index is 1210. The van der Waals surface area contributed by atoms with Crippen molar-refractivity contribution in [3.05, 3.63) is 44.3 Å². The van der Waals surface area contributed by atoms with Gasteiger partial charge < -0.3 is 14.2 Å². The van der Waals surface area contributed by atoms with E-state index in [1.54, 1.807) is 18.4 Å². The molecule has 4 heterocycles. The van der Waals surface area contributed by atoms with E-state index < -0.39 is 0 Å². The summed E-state index contributed by atoms with van der Waals surface area (Å²) >= 11 is 5.30. The number of hydrogen-bond donors (Lipinski definition) is 0. The van der Waals surface area contributed by atoms with Gasteiger partial charge in [-0.2, -0.15) is 0 Å². The number of methoxy groups -OCH3 is 1. The van der Waals surface area contributed by atoms with Crippen molar-refractivity contribution >= 4 is 33.2 Å². The summed E-state index contributed by atoms with van der Waals surface area (Å²) in [6.07, 6.45) is 5.01. The van der Waals surface area contributed by atoms with Crippen LogP contribution in [-0.4, -0.2) is 39.6 Å². The molecular formula is C26H30BrN3O2S. The molecule has 0 fully saturated rings. The van der Waals surface area contributed by atoms with Gasteiger partial charge in [0, 0.05) is 35.1 Å². The number of aromatic nitrogens is 2. The van der Waals surface area contributed by atoms with Crippen molar-refractivity contribution in [1.29, 1.82) is 0 Å². The minimum atomic E-state index is -0.229. The number of halogens is 1. The predicted octanol–water partition coefficient (Wildman–Crippen LogP) is 6.57. The van der Waals surface area contributed by atoms with Crippen molar-refractivity contribution < 1.29 is 9.53 Å². The second-order valence-electron chi connectivity index (χ2n) is 9.91. The Labute approximate surface area is 207 Å². The highest BCUT2D eigenvalue weighted by Gasteiger charge is 2.37. The van der Waals surface area contributed by atoms with Crippen LogP contribution in [0.15, 0.2) is 27.5 Å². The molecule has 0 atom stereocenters. The maximum atomic E-state index is 14.2. The van der Waals surface area contributed by atoms with Crippen LogP contribution in [0, 0.1) is 0 Å². The van der Waals surface area contributed by atoms with Gasteiger partial charge in [-0.25, -0.2) is 4.98 Å². The Morgan fingerprint density at radius 1 is 1.09 bits per heavy atom. The standard InChI is InChI=1S/C26H30BrN3O2S/c1-26(2,3)30-10-7-5-6-8-17-22(20-14-33-15-28-20)23-18-13-19(27)21(32-4)12-16(18)9-11-29(23)24(17)25(30)31/h12-15H,5-11H2,1-4H3. The van der Waals surface area contributed by atoms with Gasteiger partial charge in [0.25, 0.3) is 5.91 Å². The molecule has 0 saturated heterocycles. The van der Waals surface area contributed by atoms with Crippen LogP contribution >= 0.6 is 27.3 Å². The van der Waals surface area contributed by atoms with Crippen LogP contribution in [0.25, 0.3) is 22.5 Å². The van der Waals surface area contributed by atoms with Gasteiger partial charge in [0.1, 0.15) is 11.4 Å². The fourth-order valence-corrected chi connectivity index (χ4v) is 6.35. The largest absolute Gasteiger partial charge is 0.496 e. The number of aryl methyl sites for hydroxylation is 1. The van der Waals surface area contributed by atoms with E-state index in [0.717, 1.165) is 89.2 Å². The van der Waals surface area contributed by atoms with Gasteiger partial charge in [0.05, 0.1) is 28.5 Å². The third kappa shape index (κ3) is 3.83. The molecule has 2 aliphatic rings. The first kappa shape index (κ1) is 22.7. The fourth-order valence-electron chi connectivity index (χ4n) is 5.30. The molecule has 0 saturated carbocycles. The van der Waals surface area contributed by atoms with E-state index in [-0.39, 0.29) is 11.4 Å². The molecular weight excluding hydrogens is 498 g/mol. The SMILES string of the molecule is COc1cc2c(cc1Br)-c1c(-c3cscn3)c3c(n1CC2)C(=O)N(C(C)(C)C)CCCCC3. The molecule has 5 rings (SSSR count). The van der Waals surface area contributed by atoms with Gasteiger partial charge in [-0.15, -0.1) is 11.3 Å². The highest BCUT2D eigenvalue weighted by molar-refractivity contribution is 9.10. The van der Waals surface area contributed by atoms with Crippen LogP contribution in [0.5, 0.6) is 5.75 Å². The number of rotatable bonds is 2. The predicted molar refractivity (Wildman–Crippen MR) is 137 cm³/mol. The lowest BCUT2D eigenvalue weighted by Gasteiger charge is -2.36. The Kier molecular flexibility index (Phi) is 5.90. The normalized spacial score (nSPS) is 16.4. The van der Waals surface area contributed by atoms with Crippen molar-refractivity contribution in [3.63, 3.8) is 0 Å². The molecule has 5 nitrogen and oxygen atoms in total. The smallest absolute Gasteiger partial charge is 0.271 e. The summed E-state index contributed by atoms with van der Waals surface area (Å²) in [7, 11) is 1.70. The van der Waals surface area contributed by atoms with Crippen LogP contribution in [0.1, 0.15) is 61.6 Å². The number of ether oxygens (including phenoxy) is 1. The Balaban J connectivity index is 1.82. The van der Waals surface area contributed by atoms with Gasteiger partial charge in [-0.1, -0.05) is 6.42 Å². The summed E-state index contributed by atoms with van der Waals surface area (Å²) in [6.45, 7) is 8.00. The second-order valence-corrected chi connectivity index (χ2v) is 11.5. The first-order valence-electron chi connectivity index (χ1n) is 11.6. The summed E-state index contributed by atoms with van der Waals surface area (Å²) in [5.74, 6) is 0.993. The van der Waals surface area contributed by atoms with Crippen LogP contribution in [-0.2, 0) is 19.4 Å². The molecule has 0 N–H and O–H groups in total. The monoisotopic (exact) mass is 527 g/mol. The fraction of sp³-hybridized carbons (Fsp3) is 0.462. The van der Waals surface area contributed by atoms with E-state index in [9.17, 15) is 4.79 Å². The van der Waals surface area contributed by atoms with E-state index >= 15 is 0 Å². The molecule has 0 unspecified atom stereocenters. The molecule has 1 amide bonds. The van der Waals surface area contributed by atoms with E-state index in [2.05, 4.69) is 63.7 Å². The summed E-state index contributed by atoms with van der Waals surface area (Å²) in [4.78, 5) is 21.0. The maximum Gasteiger partial charge on any atom is 0.271 e. The molecule has 0 aliphatic carbocycles. The number of carbonyl (C=O) groups excluding carboxylic acids is 1. The number of hydrogen-bond acceptors (Lipinski definition) is 4. The number of thiazole rings is 1. The lowest BCUT2D eigenvalue weighted by atomic mass is 9.93. The highest BCUT2D eigenvalue weighted by atomic mass is 79.9. The first-order valence-corrected chi connectivity index (χ1v) is 13.4. The van der Waals surface area contributed by atoms with Crippen molar-refractivity contribution in [2.24, 2.45) is 0 Å². The van der Waals surface area contributed by atoms with Crippen molar-refractivity contribution in [3.8, 4) is 28.3 Å². The molecule has 2 aromatic heterocycles. The zero-order valence-electron chi connectivity index (χ0n) is 19.7. The van der Waals surface area contributed by atoms with Crippen molar-refractivity contribution in [2.75, 3.05) is 13.7 Å². The molecule has 174 valence electrons. The number of fused-ring (bicyclic) bond motifs is 5. The number of amides is 1. The van der Waals surface area contributed by atoms with Crippen LogP contribution in [0.4, 0.5) is 0 Å². The van der Waals surface area contributed by atoms with Crippen LogP contribution < -0.4 is 4.74 Å². The molecule has 0 bridgehead atoms. The van der Waals surface area contributed by atoms with E-state index in [4.69, 9.17) is 9.72 Å². The average molecular weight is 529 g/mol. The Morgan fingerprint density at radius 3 is 2.61 bits per heavy atom. The molecule has 1 aromatic carbocycles. The van der Waals surface area contributed by atoms with Crippen LogP contribution in [0.2, 0.25) is 0 Å². The number of nitrogens with zero attached hydrogens (tertiary/aromatic N) is 3. The van der Waals surface area contributed by atoms with E-state index in [0.29, 0.717) is 0 Å². The van der Waals surface area contributed by atoms with Gasteiger partial charge in [-0.3, -0.25) is 4.79 Å². The lowest BCUT2D eigenvalue weighted by molar-refractivity contribution is 0.0568. The molecule has 3 aromatic rings. The minimum Gasteiger partial charge on any atom is -0.496 e. The summed E-state index contributed by atoms with van der Waals surface area (Å²) < 4.78 is 8.79. The number of carbonyl (C=O) groups is 1. The quantitative estimate of drug-likeness (QED) is 0.378. The minimum absolute atomic E-state index is 0.151. The second kappa shape index (κ2) is 8.58. The maximum absolute atomic E-state index is 14.2. The summed E-state index contributed by atoms with van der Waals surface area (Å²) in [5, 5.41) is 2.11. The number of benzene rings is 1. The molecule has 7 heteroatoms. The zero-order chi connectivity index (χ0) is 23.3. The molecule has 0 spiro atoms. The molecule has 0 radical (unpaired) electrons. The van der Waals surface area contributed by atoms with E-state index in [1.807, 2.05) is 5.51 Å². The van der Waals surface area contributed by atoms with Gasteiger partial charge >= 0.3 is 0 Å². The Hall–Kier alpha value is -2.12. The zero-order valence-corrected chi connectivity index (χ0v) is 22.1. The van der Waals surface area contributed by atoms with E-state index in [1.165, 1.54) is 5.56 Å². The topological polar surface area (TPSA) is 47.4 Å². The Morgan fingerprint density at radius 2 is 1.91 bits per heavy atom. The van der Waals surface area contributed by atoms with Crippen LogP contribution in [0.3, 0.4) is 0 Å². The lowest BCUT2D eigenvalue weighted by Crippen LogP contribution is -2.47. The van der Waals surface area contributed by atoms with Gasteiger partial charge in [0.15, 0.2) is 0 Å². The third-order valence-corrected chi connectivity index (χ3v) is 8.06. The van der Waals surface area contributed by atoms with Crippen molar-refractivity contribution in [1.82, 2.24) is 14.5 Å². The third-order valence-electron chi connectivity index (χ3n) is 6.86. The first-order chi connectivity index (χ1) is 15.8. The average Bonchev–Trinajstić information content (AvgIpc) is 3.40. The van der Waals surface area contributed by atoms with Gasteiger partial charge in [-0.05, 0) is 85.6 Å². The molecule has 33 heavy (non-hydrogen) atoms. The summed E-state index contributed by atoms with van der Waals surface area (Å²) in [6, 6.07) is 4.28. The van der Waals surface area contributed by atoms with Crippen molar-refractivity contribution in [2.45, 2.75) is 65.0 Å². The summed E-state index contributed by atoms with van der Waals surface area (Å²) in [5.41, 5.74) is 9.33.